The molecule has 0 aromatic carbocycles. The number of nitrogens with one attached hydrogen (secondary N) is 1. The molecule has 0 radical (unpaired) electrons. The van der Waals surface area contributed by atoms with Gasteiger partial charge in [0.25, 0.3) is 0 Å². The summed E-state index contributed by atoms with van der Waals surface area (Å²) in [5.74, 6) is -4.35. The van der Waals surface area contributed by atoms with E-state index in [2.05, 4.69) is 0 Å². The fraction of sp³-hybridized carbons (Fsp3) is 0.727. The Morgan fingerprint density at radius 1 is 1.40 bits per heavy atom. The van der Waals surface area contributed by atoms with Crippen LogP contribution in [0.3, 0.4) is 0 Å². The van der Waals surface area contributed by atoms with Crippen LogP contribution in [0, 0.1) is 5.92 Å². The van der Waals surface area contributed by atoms with Gasteiger partial charge in [-0.05, 0) is 19.8 Å². The molecule has 1 rings (SSSR count). The predicted octanol–water partition coefficient (Wildman–Crippen LogP) is 0.375. The van der Waals surface area contributed by atoms with Gasteiger partial charge < -0.3 is 15.3 Å². The summed E-state index contributed by atoms with van der Waals surface area (Å²) in [6.07, 6.45) is -5.21. The van der Waals surface area contributed by atoms with Gasteiger partial charge in [0.15, 0.2) is 0 Å². The summed E-state index contributed by atoms with van der Waals surface area (Å²) in [4.78, 5) is 35.1. The molecule has 1 fully saturated rings. The highest BCUT2D eigenvalue weighted by atomic mass is 19.4. The standard InChI is InChI=1S/C11H15F3N2O4/c1-5(10(19)20)16(2)9(18)6-3-4-7(11(12,13)14)15-8(6)17/h5-7H,3-4H2,1-2H3,(H,15,17)(H,19,20)/t5-,6-,7-/m1/s1. The fourth-order valence-electron chi connectivity index (χ4n) is 1.89. The number of alkyl halides is 3. The zero-order chi connectivity index (χ0) is 15.7. The van der Waals surface area contributed by atoms with E-state index in [1.807, 2.05) is 0 Å². The largest absolute Gasteiger partial charge is 0.480 e. The second-order valence-corrected chi connectivity index (χ2v) is 4.70. The number of carboxylic acid groups (broad SMARTS) is 1. The van der Waals surface area contributed by atoms with Crippen molar-refractivity contribution in [2.24, 2.45) is 5.92 Å². The van der Waals surface area contributed by atoms with Crippen molar-refractivity contribution >= 4 is 17.8 Å². The molecule has 114 valence electrons. The highest BCUT2D eigenvalue weighted by molar-refractivity contribution is 6.01. The number of piperidine rings is 1. The molecule has 9 heteroatoms. The third-order valence-corrected chi connectivity index (χ3v) is 3.36. The van der Waals surface area contributed by atoms with Crippen LogP contribution in [0.5, 0.6) is 0 Å². The number of carbonyl (C=O) groups excluding carboxylic acids is 2. The van der Waals surface area contributed by atoms with Crippen LogP contribution in [0.15, 0.2) is 0 Å². The summed E-state index contributed by atoms with van der Waals surface area (Å²) in [7, 11) is 1.20. The summed E-state index contributed by atoms with van der Waals surface area (Å²) < 4.78 is 37.3. The lowest BCUT2D eigenvalue weighted by molar-refractivity contribution is -0.173. The van der Waals surface area contributed by atoms with Gasteiger partial charge in [0.1, 0.15) is 18.0 Å². The Hall–Kier alpha value is -1.80. The second kappa shape index (κ2) is 5.68. The average Bonchev–Trinajstić information content (AvgIpc) is 2.34. The van der Waals surface area contributed by atoms with E-state index in [1.165, 1.54) is 14.0 Å². The highest BCUT2D eigenvalue weighted by Crippen LogP contribution is 2.29. The monoisotopic (exact) mass is 296 g/mol. The average molecular weight is 296 g/mol. The van der Waals surface area contributed by atoms with Crippen LogP contribution < -0.4 is 5.32 Å². The van der Waals surface area contributed by atoms with Gasteiger partial charge in [0, 0.05) is 7.05 Å². The van der Waals surface area contributed by atoms with Crippen LogP contribution in [0.2, 0.25) is 0 Å². The summed E-state index contributed by atoms with van der Waals surface area (Å²) in [6.45, 7) is 1.25. The Labute approximate surface area is 112 Å². The molecule has 1 heterocycles. The molecule has 3 atom stereocenters. The van der Waals surface area contributed by atoms with Gasteiger partial charge in [-0.1, -0.05) is 0 Å². The van der Waals surface area contributed by atoms with Gasteiger partial charge in [-0.15, -0.1) is 0 Å². The van der Waals surface area contributed by atoms with Crippen LogP contribution in [0.1, 0.15) is 19.8 Å². The van der Waals surface area contributed by atoms with E-state index in [0.29, 0.717) is 0 Å². The number of rotatable bonds is 3. The third-order valence-electron chi connectivity index (χ3n) is 3.36. The number of nitrogens with zero attached hydrogens (tertiary/aromatic N) is 1. The predicted molar refractivity (Wildman–Crippen MR) is 60.6 cm³/mol. The summed E-state index contributed by atoms with van der Waals surface area (Å²) in [5, 5.41) is 10.5. The van der Waals surface area contributed by atoms with Crippen molar-refractivity contribution in [3.63, 3.8) is 0 Å². The minimum absolute atomic E-state index is 0.258. The molecule has 1 saturated heterocycles. The summed E-state index contributed by atoms with van der Waals surface area (Å²) in [5.41, 5.74) is 0. The lowest BCUT2D eigenvalue weighted by Crippen LogP contribution is -2.55. The van der Waals surface area contributed by atoms with Crippen LogP contribution >= 0.6 is 0 Å². The van der Waals surface area contributed by atoms with Crippen molar-refractivity contribution in [1.29, 1.82) is 0 Å². The zero-order valence-electron chi connectivity index (χ0n) is 10.9. The number of carboxylic acids is 1. The summed E-state index contributed by atoms with van der Waals surface area (Å²) >= 11 is 0. The topological polar surface area (TPSA) is 86.7 Å². The fourth-order valence-corrected chi connectivity index (χ4v) is 1.89. The van der Waals surface area contributed by atoms with E-state index in [1.54, 1.807) is 5.32 Å². The molecule has 0 aromatic rings. The molecule has 1 aliphatic heterocycles. The molecule has 6 nitrogen and oxygen atoms in total. The Kier molecular flexibility index (Phi) is 4.61. The number of aliphatic carboxylic acids is 1. The molecule has 0 bridgehead atoms. The first-order valence-corrected chi connectivity index (χ1v) is 5.92. The number of halogens is 3. The van der Waals surface area contributed by atoms with Gasteiger partial charge in [-0.2, -0.15) is 13.2 Å². The SMILES string of the molecule is C[C@H](C(=O)O)N(C)C(=O)[C@@H]1CC[C@H](C(F)(F)F)NC1=O. The lowest BCUT2D eigenvalue weighted by atomic mass is 9.92. The van der Waals surface area contributed by atoms with E-state index >= 15 is 0 Å². The van der Waals surface area contributed by atoms with Gasteiger partial charge in [0.2, 0.25) is 11.8 Å². The maximum absolute atomic E-state index is 12.4. The van der Waals surface area contributed by atoms with Crippen molar-refractivity contribution < 1.29 is 32.7 Å². The van der Waals surface area contributed by atoms with E-state index in [9.17, 15) is 27.6 Å². The molecule has 2 amide bonds. The van der Waals surface area contributed by atoms with Crippen LogP contribution in [-0.2, 0) is 14.4 Å². The third kappa shape index (κ3) is 3.40. The number of likely N-dealkylation sites (N-methyl/N-ethyl adjacent to an activating group) is 1. The maximum atomic E-state index is 12.4. The second-order valence-electron chi connectivity index (χ2n) is 4.70. The Morgan fingerprint density at radius 3 is 2.35 bits per heavy atom. The molecule has 0 unspecified atom stereocenters. The normalized spacial score (nSPS) is 24.8. The first-order chi connectivity index (χ1) is 9.05. The van der Waals surface area contributed by atoms with Gasteiger partial charge >= 0.3 is 12.1 Å². The minimum atomic E-state index is -4.55. The lowest BCUT2D eigenvalue weighted by Gasteiger charge is -2.32. The van der Waals surface area contributed by atoms with Crippen LogP contribution in [-0.4, -0.2) is 53.1 Å². The Morgan fingerprint density at radius 2 is 1.95 bits per heavy atom. The van der Waals surface area contributed by atoms with Gasteiger partial charge in [-0.25, -0.2) is 4.79 Å². The maximum Gasteiger partial charge on any atom is 0.408 e. The van der Waals surface area contributed by atoms with Gasteiger partial charge in [0.05, 0.1) is 0 Å². The first-order valence-electron chi connectivity index (χ1n) is 5.92. The molecule has 0 spiro atoms. The number of amides is 2. The van der Waals surface area contributed by atoms with Crippen molar-refractivity contribution in [1.82, 2.24) is 10.2 Å². The zero-order valence-corrected chi connectivity index (χ0v) is 10.9. The number of carbonyl (C=O) groups is 3. The number of hydrogen-bond donors (Lipinski definition) is 2. The smallest absolute Gasteiger partial charge is 0.408 e. The van der Waals surface area contributed by atoms with E-state index in [-0.39, 0.29) is 6.42 Å². The molecule has 0 aromatic heterocycles. The van der Waals surface area contributed by atoms with E-state index < -0.39 is 48.4 Å². The Balaban J connectivity index is 2.73. The molecule has 1 aliphatic rings. The van der Waals surface area contributed by atoms with Crippen molar-refractivity contribution in [3.8, 4) is 0 Å². The molecule has 0 aliphatic carbocycles. The van der Waals surface area contributed by atoms with Gasteiger partial charge in [-0.3, -0.25) is 9.59 Å². The minimum Gasteiger partial charge on any atom is -0.480 e. The van der Waals surface area contributed by atoms with Crippen molar-refractivity contribution in [3.05, 3.63) is 0 Å². The quantitative estimate of drug-likeness (QED) is 0.737. The number of hydrogen-bond acceptors (Lipinski definition) is 3. The highest BCUT2D eigenvalue weighted by Gasteiger charge is 2.46. The summed E-state index contributed by atoms with van der Waals surface area (Å²) in [6, 6.07) is -3.11. The molecule has 2 N–H and O–H groups in total. The molecular formula is C11H15F3N2O4. The van der Waals surface area contributed by atoms with Crippen molar-refractivity contribution in [2.45, 2.75) is 38.0 Å². The molecule has 20 heavy (non-hydrogen) atoms. The molecule has 0 saturated carbocycles. The van der Waals surface area contributed by atoms with Crippen LogP contribution in [0.25, 0.3) is 0 Å². The van der Waals surface area contributed by atoms with E-state index in [0.717, 1.165) is 4.90 Å². The van der Waals surface area contributed by atoms with Crippen molar-refractivity contribution in [2.75, 3.05) is 7.05 Å². The van der Waals surface area contributed by atoms with E-state index in [4.69, 9.17) is 5.11 Å². The first kappa shape index (κ1) is 16.3. The Bertz CT molecular complexity index is 424. The van der Waals surface area contributed by atoms with Crippen LogP contribution in [0.4, 0.5) is 13.2 Å². The molecular weight excluding hydrogens is 281 g/mol.